The highest BCUT2D eigenvalue weighted by Gasteiger charge is 2.37. The second kappa shape index (κ2) is 7.62. The van der Waals surface area contributed by atoms with E-state index >= 15 is 0 Å². The molecule has 0 aliphatic heterocycles. The summed E-state index contributed by atoms with van der Waals surface area (Å²) in [6, 6.07) is 0.0864. The minimum absolute atomic E-state index is 0.0458. The van der Waals surface area contributed by atoms with Crippen LogP contribution in [0.2, 0.25) is 0 Å². The lowest BCUT2D eigenvalue weighted by molar-refractivity contribution is -0.142. The van der Waals surface area contributed by atoms with Gasteiger partial charge in [-0.2, -0.15) is 0 Å². The normalized spacial score (nSPS) is 29.9. The highest BCUT2D eigenvalue weighted by atomic mass is 16.2. The van der Waals surface area contributed by atoms with Gasteiger partial charge >= 0.3 is 0 Å². The van der Waals surface area contributed by atoms with Gasteiger partial charge in [0.15, 0.2) is 0 Å². The summed E-state index contributed by atoms with van der Waals surface area (Å²) in [4.78, 5) is 25.9. The zero-order valence-corrected chi connectivity index (χ0v) is 13.2. The highest BCUT2D eigenvalue weighted by molar-refractivity contribution is 5.86. The number of nitrogens with zero attached hydrogens (tertiary/aromatic N) is 1. The van der Waals surface area contributed by atoms with Crippen molar-refractivity contribution in [2.24, 2.45) is 23.5 Å². The number of nitrogens with one attached hydrogen (secondary N) is 1. The summed E-state index contributed by atoms with van der Waals surface area (Å²) in [6.45, 7) is 9.35. The van der Waals surface area contributed by atoms with Crippen LogP contribution in [0.4, 0.5) is 0 Å². The number of hydrogen-bond acceptors (Lipinski definition) is 3. The van der Waals surface area contributed by atoms with Crippen LogP contribution in [0.25, 0.3) is 0 Å². The Morgan fingerprint density at radius 3 is 2.40 bits per heavy atom. The quantitative estimate of drug-likeness (QED) is 0.790. The topological polar surface area (TPSA) is 75.4 Å². The van der Waals surface area contributed by atoms with E-state index in [1.807, 2.05) is 13.8 Å². The Bertz CT molecular complexity index is 346. The summed E-state index contributed by atoms with van der Waals surface area (Å²) in [5.74, 6) is 0.737. The van der Waals surface area contributed by atoms with Gasteiger partial charge in [-0.05, 0) is 38.5 Å². The maximum atomic E-state index is 12.6. The number of likely N-dealkylation sites (N-methyl/N-ethyl adjacent to an activating group) is 2. The van der Waals surface area contributed by atoms with E-state index in [2.05, 4.69) is 19.2 Å². The summed E-state index contributed by atoms with van der Waals surface area (Å²) in [7, 11) is 0. The summed E-state index contributed by atoms with van der Waals surface area (Å²) in [5.41, 5.74) is 6.11. The van der Waals surface area contributed by atoms with E-state index < -0.39 is 0 Å². The van der Waals surface area contributed by atoms with Crippen LogP contribution in [-0.2, 0) is 9.59 Å². The molecular weight excluding hydrogens is 254 g/mol. The van der Waals surface area contributed by atoms with Gasteiger partial charge in [0.05, 0.1) is 6.54 Å². The minimum Gasteiger partial charge on any atom is -0.355 e. The Balaban J connectivity index is 2.68. The molecule has 116 valence electrons. The Morgan fingerprint density at radius 1 is 1.20 bits per heavy atom. The van der Waals surface area contributed by atoms with Gasteiger partial charge in [0.25, 0.3) is 0 Å². The lowest BCUT2D eigenvalue weighted by Crippen LogP contribution is -2.48. The molecule has 1 rings (SSSR count). The van der Waals surface area contributed by atoms with Crippen molar-refractivity contribution in [2.45, 2.75) is 46.6 Å². The number of nitrogens with two attached hydrogens (primary N) is 1. The van der Waals surface area contributed by atoms with E-state index in [1.54, 1.807) is 4.90 Å². The van der Waals surface area contributed by atoms with Gasteiger partial charge in [0.2, 0.25) is 11.8 Å². The van der Waals surface area contributed by atoms with Crippen LogP contribution in [0, 0.1) is 17.8 Å². The number of hydrogen-bond donors (Lipinski definition) is 2. The van der Waals surface area contributed by atoms with Crippen molar-refractivity contribution in [3.05, 3.63) is 0 Å². The fourth-order valence-electron chi connectivity index (χ4n) is 3.03. The fraction of sp³-hybridized carbons (Fsp3) is 0.867. The first-order valence-electron chi connectivity index (χ1n) is 7.71. The number of carbonyl (C=O) groups excluding carboxylic acids is 2. The van der Waals surface area contributed by atoms with Crippen LogP contribution in [0.1, 0.15) is 40.5 Å². The first-order chi connectivity index (χ1) is 9.40. The second-order valence-electron chi connectivity index (χ2n) is 6.00. The maximum absolute atomic E-state index is 12.6. The average Bonchev–Trinajstić information content (AvgIpc) is 2.39. The molecule has 4 unspecified atom stereocenters. The van der Waals surface area contributed by atoms with E-state index in [4.69, 9.17) is 5.73 Å². The van der Waals surface area contributed by atoms with E-state index in [9.17, 15) is 9.59 Å². The SMILES string of the molecule is CCNC(=O)CN(CC)C(=O)C1CC(N)C(C)CC1C. The van der Waals surface area contributed by atoms with E-state index in [0.29, 0.717) is 24.9 Å². The molecule has 20 heavy (non-hydrogen) atoms. The van der Waals surface area contributed by atoms with Crippen molar-refractivity contribution in [3.8, 4) is 0 Å². The summed E-state index contributed by atoms with van der Waals surface area (Å²) in [5, 5.41) is 2.74. The van der Waals surface area contributed by atoms with Crippen molar-refractivity contribution in [1.29, 1.82) is 0 Å². The van der Waals surface area contributed by atoms with Crippen molar-refractivity contribution >= 4 is 11.8 Å². The molecule has 3 N–H and O–H groups in total. The van der Waals surface area contributed by atoms with Gasteiger partial charge < -0.3 is 16.0 Å². The maximum Gasteiger partial charge on any atom is 0.239 e. The van der Waals surface area contributed by atoms with Crippen molar-refractivity contribution in [1.82, 2.24) is 10.2 Å². The third-order valence-corrected chi connectivity index (χ3v) is 4.41. The molecule has 0 saturated heterocycles. The molecule has 0 aromatic rings. The molecule has 5 nitrogen and oxygen atoms in total. The minimum atomic E-state index is -0.0937. The molecule has 0 aromatic heterocycles. The Kier molecular flexibility index (Phi) is 6.46. The van der Waals surface area contributed by atoms with Gasteiger partial charge in [-0.3, -0.25) is 9.59 Å². The van der Waals surface area contributed by atoms with Crippen LogP contribution >= 0.6 is 0 Å². The van der Waals surface area contributed by atoms with Crippen molar-refractivity contribution < 1.29 is 9.59 Å². The van der Waals surface area contributed by atoms with Crippen LogP contribution in [-0.4, -0.2) is 42.4 Å². The van der Waals surface area contributed by atoms with Gasteiger partial charge in [0, 0.05) is 25.0 Å². The molecule has 0 bridgehead atoms. The van der Waals surface area contributed by atoms with Crippen LogP contribution in [0.5, 0.6) is 0 Å². The van der Waals surface area contributed by atoms with Crippen LogP contribution in [0.3, 0.4) is 0 Å². The third-order valence-electron chi connectivity index (χ3n) is 4.41. The number of amides is 2. The number of carbonyl (C=O) groups is 2. The van der Waals surface area contributed by atoms with Crippen molar-refractivity contribution in [2.75, 3.05) is 19.6 Å². The predicted molar refractivity (Wildman–Crippen MR) is 80.0 cm³/mol. The zero-order chi connectivity index (χ0) is 15.3. The summed E-state index contributed by atoms with van der Waals surface area (Å²) >= 11 is 0. The molecule has 0 aromatic carbocycles. The molecule has 2 amide bonds. The Labute approximate surface area is 122 Å². The third kappa shape index (κ3) is 4.20. The number of rotatable bonds is 5. The molecular formula is C15H29N3O2. The zero-order valence-electron chi connectivity index (χ0n) is 13.2. The van der Waals surface area contributed by atoms with Gasteiger partial charge in [-0.15, -0.1) is 0 Å². The lowest BCUT2D eigenvalue weighted by atomic mass is 9.72. The van der Waals surface area contributed by atoms with E-state index in [-0.39, 0.29) is 30.3 Å². The highest BCUT2D eigenvalue weighted by Crippen LogP contribution is 2.33. The molecule has 1 aliphatic carbocycles. The molecule has 0 radical (unpaired) electrons. The largest absolute Gasteiger partial charge is 0.355 e. The summed E-state index contributed by atoms with van der Waals surface area (Å²) in [6.07, 6.45) is 1.71. The van der Waals surface area contributed by atoms with Crippen LogP contribution < -0.4 is 11.1 Å². The molecule has 4 atom stereocenters. The van der Waals surface area contributed by atoms with Gasteiger partial charge in [0.1, 0.15) is 0 Å². The molecule has 1 fully saturated rings. The Hall–Kier alpha value is -1.10. The molecule has 5 heteroatoms. The average molecular weight is 283 g/mol. The molecule has 1 saturated carbocycles. The van der Waals surface area contributed by atoms with Gasteiger partial charge in [-0.25, -0.2) is 0 Å². The van der Waals surface area contributed by atoms with Crippen molar-refractivity contribution in [3.63, 3.8) is 0 Å². The van der Waals surface area contributed by atoms with E-state index in [1.165, 1.54) is 0 Å². The Morgan fingerprint density at radius 2 is 1.85 bits per heavy atom. The summed E-state index contributed by atoms with van der Waals surface area (Å²) < 4.78 is 0. The standard InChI is InChI=1S/C15H29N3O2/c1-5-17-14(19)9-18(6-2)15(20)12-8-13(16)11(4)7-10(12)3/h10-13H,5-9,16H2,1-4H3,(H,17,19). The first-order valence-corrected chi connectivity index (χ1v) is 7.71. The fourth-order valence-corrected chi connectivity index (χ4v) is 3.03. The first kappa shape index (κ1) is 17.0. The van der Waals surface area contributed by atoms with Gasteiger partial charge in [-0.1, -0.05) is 13.8 Å². The lowest BCUT2D eigenvalue weighted by Gasteiger charge is -2.38. The van der Waals surface area contributed by atoms with E-state index in [0.717, 1.165) is 12.8 Å². The molecule has 0 heterocycles. The predicted octanol–water partition coefficient (Wildman–Crippen LogP) is 0.981. The second-order valence-corrected chi connectivity index (χ2v) is 6.00. The van der Waals surface area contributed by atoms with Crippen LogP contribution in [0.15, 0.2) is 0 Å². The monoisotopic (exact) mass is 283 g/mol. The molecule has 1 aliphatic rings. The molecule has 0 spiro atoms. The smallest absolute Gasteiger partial charge is 0.239 e.